The smallest absolute Gasteiger partial charge is 0.302 e. The van der Waals surface area contributed by atoms with Gasteiger partial charge in [0.25, 0.3) is 0 Å². The van der Waals surface area contributed by atoms with Crippen LogP contribution in [0.15, 0.2) is 29.3 Å². The molecular weight excluding hydrogens is 637 g/mol. The van der Waals surface area contributed by atoms with Gasteiger partial charge in [0.15, 0.2) is 23.1 Å². The van der Waals surface area contributed by atoms with Gasteiger partial charge in [-0.05, 0) is 18.2 Å². The summed E-state index contributed by atoms with van der Waals surface area (Å²) in [7, 11) is 1.51. The number of ether oxygens (including phenoxy) is 4. The van der Waals surface area contributed by atoms with Gasteiger partial charge in [-0.1, -0.05) is 35.5 Å². The fourth-order valence-electron chi connectivity index (χ4n) is 5.90. The van der Waals surface area contributed by atoms with E-state index in [0.29, 0.717) is 37.0 Å². The summed E-state index contributed by atoms with van der Waals surface area (Å²) in [6, 6.07) is 4.83. The van der Waals surface area contributed by atoms with Crippen molar-refractivity contribution < 1.29 is 36.9 Å². The van der Waals surface area contributed by atoms with E-state index in [2.05, 4.69) is 20.2 Å². The number of nitriles is 1. The van der Waals surface area contributed by atoms with Crippen LogP contribution in [0.5, 0.6) is 0 Å². The monoisotopic (exact) mass is 664 g/mol. The fraction of sp³-hybridized carbons (Fsp3) is 0.483. The molecule has 2 unspecified atom stereocenters. The molecule has 238 valence electrons. The van der Waals surface area contributed by atoms with Crippen molar-refractivity contribution in [2.24, 2.45) is 11.3 Å². The van der Waals surface area contributed by atoms with Crippen molar-refractivity contribution >= 4 is 35.1 Å². The zero-order valence-electron chi connectivity index (χ0n) is 24.4. The molecule has 5 atom stereocenters. The molecule has 3 saturated heterocycles. The average Bonchev–Trinajstić information content (AvgIpc) is 3.44. The minimum Gasteiger partial charge on any atom is -0.463 e. The maximum atomic E-state index is 14.0. The normalized spacial score (nSPS) is 25.4. The first-order valence-corrected chi connectivity index (χ1v) is 15.3. The maximum absolute atomic E-state index is 14.0. The topological polar surface area (TPSA) is 125 Å². The summed E-state index contributed by atoms with van der Waals surface area (Å²) >= 11 is 7.73. The van der Waals surface area contributed by atoms with Gasteiger partial charge in [0.2, 0.25) is 0 Å². The molecule has 3 fully saturated rings. The van der Waals surface area contributed by atoms with E-state index < -0.39 is 47.1 Å². The van der Waals surface area contributed by atoms with Gasteiger partial charge in [-0.3, -0.25) is 4.79 Å². The third-order valence-electron chi connectivity index (χ3n) is 8.30. The highest BCUT2D eigenvalue weighted by Gasteiger charge is 2.51. The highest BCUT2D eigenvalue weighted by molar-refractivity contribution is 8.00. The van der Waals surface area contributed by atoms with E-state index in [4.69, 9.17) is 30.5 Å². The van der Waals surface area contributed by atoms with E-state index in [0.717, 1.165) is 12.1 Å². The Labute approximate surface area is 265 Å². The minimum atomic E-state index is -1.58. The predicted octanol–water partition coefficient (Wildman–Crippen LogP) is 4.39. The van der Waals surface area contributed by atoms with Gasteiger partial charge in [0.1, 0.15) is 35.7 Å². The number of methoxy groups -OCH3 is 1. The third-order valence-corrected chi connectivity index (χ3v) is 9.75. The van der Waals surface area contributed by atoms with E-state index in [-0.39, 0.29) is 39.9 Å². The lowest BCUT2D eigenvalue weighted by atomic mass is 9.78. The number of anilines is 1. The maximum Gasteiger partial charge on any atom is 0.302 e. The van der Waals surface area contributed by atoms with Crippen molar-refractivity contribution in [3.05, 3.63) is 52.6 Å². The number of pyridine rings is 1. The number of benzene rings is 1. The third kappa shape index (κ3) is 5.97. The Morgan fingerprint density at radius 2 is 1.96 bits per heavy atom. The number of halogens is 4. The summed E-state index contributed by atoms with van der Waals surface area (Å²) < 4.78 is 66.3. The summed E-state index contributed by atoms with van der Waals surface area (Å²) in [5, 5.41) is 18.1. The minimum absolute atomic E-state index is 0.000778. The lowest BCUT2D eigenvalue weighted by Gasteiger charge is -2.55. The first-order valence-electron chi connectivity index (χ1n) is 14.0. The van der Waals surface area contributed by atoms with E-state index in [1.54, 1.807) is 6.07 Å². The Hall–Kier alpha value is -3.42. The summed E-state index contributed by atoms with van der Waals surface area (Å²) in [6.07, 6.45) is 0.182. The molecule has 0 N–H and O–H groups in total. The Kier molecular flexibility index (Phi) is 8.70. The molecule has 0 saturated carbocycles. The Bertz CT molecular complexity index is 1640. The van der Waals surface area contributed by atoms with Crippen LogP contribution in [-0.4, -0.2) is 83.6 Å². The van der Waals surface area contributed by atoms with Crippen molar-refractivity contribution in [3.63, 3.8) is 0 Å². The molecule has 45 heavy (non-hydrogen) atoms. The first-order chi connectivity index (χ1) is 21.5. The summed E-state index contributed by atoms with van der Waals surface area (Å²) in [6.45, 7) is 5.85. The van der Waals surface area contributed by atoms with Crippen LogP contribution < -0.4 is 4.90 Å². The molecule has 1 aromatic carbocycles. The molecular formula is C29H28ClF3N6O5S. The average molecular weight is 665 g/mol. The van der Waals surface area contributed by atoms with Crippen molar-refractivity contribution in [2.75, 3.05) is 44.9 Å². The molecule has 0 radical (unpaired) electrons. The Morgan fingerprint density at radius 1 is 1.24 bits per heavy atom. The number of hydrogen-bond donors (Lipinski definition) is 0. The second-order valence-corrected chi connectivity index (χ2v) is 13.0. The van der Waals surface area contributed by atoms with Gasteiger partial charge in [0, 0.05) is 38.6 Å². The fourth-order valence-corrected chi connectivity index (χ4v) is 7.48. The molecule has 0 aliphatic carbocycles. The van der Waals surface area contributed by atoms with Crippen LogP contribution in [0.4, 0.5) is 19.0 Å². The number of aromatic nitrogens is 4. The standard InChI is InChI=1S/C29H28ClF3N6O5S/c1-14-22(9-43-15(2)40)44-28(45-23-6-17(30)20(7-34)35-27(23)38-10-29(11-38)12-42-13-29)26(41-3)25(14)39-8-21(36-37-39)16-4-18(31)24(33)19(32)5-16/h4-6,8,14,22,25-26,28H,9-13H2,1-3H3/t14-,22?,25?,26-,28+/m0/s1. The molecule has 6 rings (SSSR count). The van der Waals surface area contributed by atoms with Crippen LogP contribution >= 0.6 is 23.4 Å². The van der Waals surface area contributed by atoms with Crippen LogP contribution in [0, 0.1) is 40.1 Å². The van der Waals surface area contributed by atoms with Crippen LogP contribution in [0.1, 0.15) is 25.6 Å². The van der Waals surface area contributed by atoms with Crippen LogP contribution in [0.3, 0.4) is 0 Å². The van der Waals surface area contributed by atoms with E-state index in [9.17, 15) is 23.2 Å². The number of nitrogens with zero attached hydrogens (tertiary/aromatic N) is 6. The van der Waals surface area contributed by atoms with Gasteiger partial charge < -0.3 is 23.8 Å². The highest BCUT2D eigenvalue weighted by Crippen LogP contribution is 2.47. The summed E-state index contributed by atoms with van der Waals surface area (Å²) in [5.74, 6) is -4.56. The number of thioether (sulfide) groups is 1. The number of hydrogen-bond acceptors (Lipinski definition) is 11. The van der Waals surface area contributed by atoms with E-state index in [1.807, 2.05) is 13.0 Å². The molecule has 11 nitrogen and oxygen atoms in total. The van der Waals surface area contributed by atoms with Gasteiger partial charge in [0.05, 0.1) is 46.9 Å². The second-order valence-electron chi connectivity index (χ2n) is 11.5. The van der Waals surface area contributed by atoms with Gasteiger partial charge in [-0.15, -0.1) is 5.10 Å². The van der Waals surface area contributed by atoms with Gasteiger partial charge in [-0.2, -0.15) is 5.26 Å². The predicted molar refractivity (Wildman–Crippen MR) is 155 cm³/mol. The second kappa shape index (κ2) is 12.4. The molecule has 3 aliphatic rings. The Morgan fingerprint density at radius 3 is 2.56 bits per heavy atom. The number of carbonyl (C=O) groups is 1. The molecule has 0 amide bonds. The molecule has 1 spiro atoms. The number of rotatable bonds is 8. The molecule has 0 bridgehead atoms. The lowest BCUT2D eigenvalue weighted by molar-refractivity contribution is -0.171. The summed E-state index contributed by atoms with van der Waals surface area (Å²) in [4.78, 5) is 19.0. The lowest BCUT2D eigenvalue weighted by Crippen LogP contribution is -2.66. The molecule has 3 aliphatic heterocycles. The zero-order chi connectivity index (χ0) is 32.0. The molecule has 3 aromatic rings. The van der Waals surface area contributed by atoms with Crippen molar-refractivity contribution in [2.45, 2.75) is 42.4 Å². The van der Waals surface area contributed by atoms with Crippen molar-refractivity contribution in [3.8, 4) is 17.3 Å². The van der Waals surface area contributed by atoms with E-state index >= 15 is 0 Å². The largest absolute Gasteiger partial charge is 0.463 e. The summed E-state index contributed by atoms with van der Waals surface area (Å²) in [5.41, 5.74) is -0.446. The van der Waals surface area contributed by atoms with Gasteiger partial charge in [-0.25, -0.2) is 22.8 Å². The quantitative estimate of drug-likeness (QED) is 0.252. The molecule has 16 heteroatoms. The SMILES string of the molecule is CO[C@H]1C(n2cc(-c3cc(F)c(F)c(F)c3)nn2)[C@@H](C)C(COC(C)=O)O[C@@H]1Sc1cc(Cl)c(C#N)nc1N1CC2(COC2)C1. The Balaban J connectivity index is 1.34. The first kappa shape index (κ1) is 31.6. The number of carbonyl (C=O) groups excluding carboxylic acids is 1. The molecule has 2 aromatic heterocycles. The van der Waals surface area contributed by atoms with Crippen LogP contribution in [0.25, 0.3) is 11.3 Å². The molecule has 5 heterocycles. The van der Waals surface area contributed by atoms with Gasteiger partial charge >= 0.3 is 5.97 Å². The zero-order valence-corrected chi connectivity index (χ0v) is 25.9. The van der Waals surface area contributed by atoms with Crippen molar-refractivity contribution in [1.29, 1.82) is 5.26 Å². The van der Waals surface area contributed by atoms with Crippen LogP contribution in [-0.2, 0) is 23.7 Å². The highest BCUT2D eigenvalue weighted by atomic mass is 35.5. The van der Waals surface area contributed by atoms with Crippen molar-refractivity contribution in [1.82, 2.24) is 20.0 Å². The number of esters is 1. The van der Waals surface area contributed by atoms with E-state index in [1.165, 1.54) is 36.7 Å². The van der Waals surface area contributed by atoms with Crippen LogP contribution in [0.2, 0.25) is 5.02 Å².